The second kappa shape index (κ2) is 13.8. The van der Waals surface area contributed by atoms with E-state index in [2.05, 4.69) is 25.0 Å². The summed E-state index contributed by atoms with van der Waals surface area (Å²) in [5.74, 6) is 2.65. The topological polar surface area (TPSA) is 74.9 Å². The van der Waals surface area contributed by atoms with E-state index in [0.29, 0.717) is 53.1 Å². The number of nitrogens with zero attached hydrogens (tertiary/aromatic N) is 3. The van der Waals surface area contributed by atoms with Crippen molar-refractivity contribution >= 4 is 28.7 Å². The first-order valence-electron chi connectivity index (χ1n) is 14.8. The van der Waals surface area contributed by atoms with Crippen LogP contribution in [0, 0.1) is 6.92 Å². The summed E-state index contributed by atoms with van der Waals surface area (Å²) in [5.41, 5.74) is 4.75. The molecule has 0 spiro atoms. The van der Waals surface area contributed by atoms with Crippen molar-refractivity contribution in [2.45, 2.75) is 47.1 Å². The molecule has 0 atom stereocenters. The Morgan fingerprint density at radius 2 is 1.61 bits per heavy atom. The zero-order valence-electron chi connectivity index (χ0n) is 25.6. The third-order valence-corrected chi connectivity index (χ3v) is 7.57. The molecule has 1 heterocycles. The molecule has 7 nitrogen and oxygen atoms in total. The second-order valence-corrected chi connectivity index (χ2v) is 11.0. The maximum Gasteiger partial charge on any atom is 0.282 e. The summed E-state index contributed by atoms with van der Waals surface area (Å²) in [4.78, 5) is 18.8. The average Bonchev–Trinajstić information content (AvgIpc) is 3.01. The zero-order chi connectivity index (χ0) is 31.2. The Morgan fingerprint density at radius 1 is 0.886 bits per heavy atom. The molecule has 0 fully saturated rings. The molecule has 8 heteroatoms. The molecule has 1 aromatic heterocycles. The van der Waals surface area contributed by atoms with Gasteiger partial charge in [-0.15, -0.1) is 0 Å². The van der Waals surface area contributed by atoms with Crippen LogP contribution >= 0.6 is 11.6 Å². The lowest BCUT2D eigenvalue weighted by Gasteiger charge is -2.18. The SMILES string of the molecule is CCOc1cc(C=Nn2c(-c3cc(C(C)C)c(OCC)cc3C)nc3ccccc3c2=O)ccc1OCc1ccccc1Cl. The Kier molecular flexibility index (Phi) is 9.65. The van der Waals surface area contributed by atoms with Gasteiger partial charge in [-0.25, -0.2) is 4.98 Å². The van der Waals surface area contributed by atoms with Gasteiger partial charge < -0.3 is 14.2 Å². The van der Waals surface area contributed by atoms with Gasteiger partial charge in [0.05, 0.1) is 30.3 Å². The molecule has 5 rings (SSSR count). The average molecular weight is 610 g/mol. The van der Waals surface area contributed by atoms with Gasteiger partial charge in [-0.1, -0.05) is 55.8 Å². The smallest absolute Gasteiger partial charge is 0.282 e. The van der Waals surface area contributed by atoms with Gasteiger partial charge in [0, 0.05) is 16.1 Å². The molecule has 5 aromatic rings. The van der Waals surface area contributed by atoms with E-state index in [0.717, 1.165) is 33.6 Å². The van der Waals surface area contributed by atoms with Crippen molar-refractivity contribution in [3.63, 3.8) is 0 Å². The van der Waals surface area contributed by atoms with Crippen LogP contribution in [0.3, 0.4) is 0 Å². The van der Waals surface area contributed by atoms with Gasteiger partial charge >= 0.3 is 0 Å². The van der Waals surface area contributed by atoms with Crippen molar-refractivity contribution in [3.05, 3.63) is 116 Å². The number of hydrogen-bond donors (Lipinski definition) is 0. The van der Waals surface area contributed by atoms with E-state index in [9.17, 15) is 4.79 Å². The summed E-state index contributed by atoms with van der Waals surface area (Å²) >= 11 is 6.31. The molecule has 0 aliphatic heterocycles. The Labute approximate surface area is 262 Å². The minimum absolute atomic E-state index is 0.204. The maximum absolute atomic E-state index is 13.8. The molecular formula is C36H36ClN3O4. The number of ether oxygens (including phenoxy) is 3. The molecule has 0 N–H and O–H groups in total. The van der Waals surface area contributed by atoms with Crippen molar-refractivity contribution in [3.8, 4) is 28.6 Å². The number of para-hydroxylation sites is 1. The molecular weight excluding hydrogens is 574 g/mol. The summed E-state index contributed by atoms with van der Waals surface area (Å²) < 4.78 is 19.3. The van der Waals surface area contributed by atoms with Gasteiger partial charge in [0.2, 0.25) is 0 Å². The second-order valence-electron chi connectivity index (χ2n) is 10.6. The van der Waals surface area contributed by atoms with E-state index in [1.807, 2.05) is 87.5 Å². The molecule has 0 radical (unpaired) electrons. The third kappa shape index (κ3) is 6.63. The first-order valence-corrected chi connectivity index (χ1v) is 15.1. The number of halogens is 1. The van der Waals surface area contributed by atoms with Crippen molar-refractivity contribution in [1.29, 1.82) is 0 Å². The van der Waals surface area contributed by atoms with Gasteiger partial charge in [-0.2, -0.15) is 9.78 Å². The van der Waals surface area contributed by atoms with Gasteiger partial charge in [0.25, 0.3) is 5.56 Å². The number of aromatic nitrogens is 2. The quantitative estimate of drug-likeness (QED) is 0.141. The van der Waals surface area contributed by atoms with E-state index in [-0.39, 0.29) is 11.5 Å². The molecule has 0 unspecified atom stereocenters. The van der Waals surface area contributed by atoms with Crippen molar-refractivity contribution in [1.82, 2.24) is 9.66 Å². The van der Waals surface area contributed by atoms with E-state index in [4.69, 9.17) is 30.8 Å². The monoisotopic (exact) mass is 609 g/mol. The van der Waals surface area contributed by atoms with Crippen LogP contribution in [0.2, 0.25) is 5.02 Å². The van der Waals surface area contributed by atoms with E-state index < -0.39 is 0 Å². The number of rotatable bonds is 11. The Hall–Kier alpha value is -4.62. The molecule has 0 saturated carbocycles. The van der Waals surface area contributed by atoms with Crippen molar-refractivity contribution in [2.24, 2.45) is 5.10 Å². The van der Waals surface area contributed by atoms with Gasteiger partial charge in [-0.3, -0.25) is 4.79 Å². The molecule has 44 heavy (non-hydrogen) atoms. The van der Waals surface area contributed by atoms with Crippen LogP contribution in [0.15, 0.2) is 88.8 Å². The lowest BCUT2D eigenvalue weighted by Crippen LogP contribution is -2.21. The van der Waals surface area contributed by atoms with Gasteiger partial charge in [-0.05, 0) is 91.9 Å². The first-order chi connectivity index (χ1) is 21.3. The number of aryl methyl sites for hydroxylation is 1. The Morgan fingerprint density at radius 3 is 2.36 bits per heavy atom. The van der Waals surface area contributed by atoms with Crippen LogP contribution < -0.4 is 19.8 Å². The minimum atomic E-state index is -0.258. The fourth-order valence-electron chi connectivity index (χ4n) is 4.96. The van der Waals surface area contributed by atoms with Crippen LogP contribution in [0.5, 0.6) is 17.2 Å². The molecule has 0 aliphatic rings. The highest BCUT2D eigenvalue weighted by Crippen LogP contribution is 2.34. The van der Waals surface area contributed by atoms with Crippen LogP contribution in [0.1, 0.15) is 55.9 Å². The number of benzene rings is 4. The van der Waals surface area contributed by atoms with Crippen molar-refractivity contribution in [2.75, 3.05) is 13.2 Å². The minimum Gasteiger partial charge on any atom is -0.494 e. The summed E-state index contributed by atoms with van der Waals surface area (Å²) in [5, 5.41) is 5.81. The Bertz CT molecular complexity index is 1880. The predicted octanol–water partition coefficient (Wildman–Crippen LogP) is 8.41. The van der Waals surface area contributed by atoms with Crippen molar-refractivity contribution < 1.29 is 14.2 Å². The highest BCUT2D eigenvalue weighted by Gasteiger charge is 2.19. The molecule has 0 saturated heterocycles. The third-order valence-electron chi connectivity index (χ3n) is 7.20. The summed E-state index contributed by atoms with van der Waals surface area (Å²) in [6.07, 6.45) is 1.63. The standard InChI is InChI=1S/C36H36ClN3O4/c1-6-42-33-18-24(5)29(20-28(33)23(3)4)35-39-31-15-11-9-13-27(31)36(41)40(35)38-21-25-16-17-32(34(19-25)43-7-2)44-22-26-12-8-10-14-30(26)37/h8-21,23H,6-7,22H2,1-5H3. The fourth-order valence-corrected chi connectivity index (χ4v) is 5.15. The first kappa shape index (κ1) is 30.8. The van der Waals surface area contributed by atoms with Crippen LogP contribution in [0.4, 0.5) is 0 Å². The van der Waals surface area contributed by atoms with Crippen LogP contribution in [-0.2, 0) is 6.61 Å². The number of hydrogen-bond acceptors (Lipinski definition) is 6. The normalized spacial score (nSPS) is 11.4. The molecule has 0 amide bonds. The lowest BCUT2D eigenvalue weighted by atomic mass is 9.96. The molecule has 0 aliphatic carbocycles. The lowest BCUT2D eigenvalue weighted by molar-refractivity contribution is 0.269. The van der Waals surface area contributed by atoms with E-state index in [1.165, 1.54) is 4.68 Å². The van der Waals surface area contributed by atoms with Gasteiger partial charge in [0.15, 0.2) is 17.3 Å². The summed E-state index contributed by atoms with van der Waals surface area (Å²) in [6, 6.07) is 24.5. The molecule has 226 valence electrons. The molecule has 0 bridgehead atoms. The number of fused-ring (bicyclic) bond motifs is 1. The van der Waals surface area contributed by atoms with Crippen LogP contribution in [0.25, 0.3) is 22.3 Å². The van der Waals surface area contributed by atoms with Crippen LogP contribution in [-0.4, -0.2) is 29.1 Å². The van der Waals surface area contributed by atoms with E-state index >= 15 is 0 Å². The molecule has 4 aromatic carbocycles. The highest BCUT2D eigenvalue weighted by atomic mass is 35.5. The largest absolute Gasteiger partial charge is 0.494 e. The summed E-state index contributed by atoms with van der Waals surface area (Å²) in [7, 11) is 0. The maximum atomic E-state index is 13.8. The predicted molar refractivity (Wildman–Crippen MR) is 178 cm³/mol. The fraction of sp³-hybridized carbons (Fsp3) is 0.250. The Balaban J connectivity index is 1.57. The summed E-state index contributed by atoms with van der Waals surface area (Å²) in [6.45, 7) is 11.4. The van der Waals surface area contributed by atoms with E-state index in [1.54, 1.807) is 12.3 Å². The zero-order valence-corrected chi connectivity index (χ0v) is 26.4. The highest BCUT2D eigenvalue weighted by molar-refractivity contribution is 6.31. The van der Waals surface area contributed by atoms with Gasteiger partial charge in [0.1, 0.15) is 12.4 Å².